The summed E-state index contributed by atoms with van der Waals surface area (Å²) >= 11 is 1.65. The van der Waals surface area contributed by atoms with Crippen LogP contribution < -0.4 is 5.73 Å². The van der Waals surface area contributed by atoms with Crippen molar-refractivity contribution < 1.29 is 15.0 Å². The van der Waals surface area contributed by atoms with Gasteiger partial charge in [-0.3, -0.25) is 4.79 Å². The molecule has 4 nitrogen and oxygen atoms in total. The lowest BCUT2D eigenvalue weighted by Gasteiger charge is -2.17. The zero-order chi connectivity index (χ0) is 12.8. The molecule has 1 amide bonds. The fraction of sp³-hybridized carbons (Fsp3) is 0.417. The molecule has 5 heteroatoms. The van der Waals surface area contributed by atoms with Crippen LogP contribution in [0.2, 0.25) is 0 Å². The van der Waals surface area contributed by atoms with Crippen LogP contribution >= 0.6 is 11.8 Å². The second-order valence-electron chi connectivity index (χ2n) is 3.69. The Labute approximate surface area is 105 Å². The first-order chi connectivity index (χ1) is 8.04. The Morgan fingerprint density at radius 3 is 2.76 bits per heavy atom. The van der Waals surface area contributed by atoms with E-state index in [4.69, 9.17) is 5.73 Å². The number of aliphatic hydroxyl groups excluding tert-OH is 2. The number of hydrogen-bond donors (Lipinski definition) is 3. The molecule has 0 aromatic heterocycles. The monoisotopic (exact) mass is 255 g/mol. The normalized spacial score (nSPS) is 14.3. The van der Waals surface area contributed by atoms with E-state index in [-0.39, 0.29) is 6.42 Å². The molecule has 0 saturated heterocycles. The van der Waals surface area contributed by atoms with Gasteiger partial charge in [0, 0.05) is 4.90 Å². The van der Waals surface area contributed by atoms with Gasteiger partial charge in [0.25, 0.3) is 0 Å². The summed E-state index contributed by atoms with van der Waals surface area (Å²) in [6, 6.07) is 7.27. The maximum absolute atomic E-state index is 10.7. The van der Waals surface area contributed by atoms with E-state index in [2.05, 4.69) is 0 Å². The van der Waals surface area contributed by atoms with Crippen LogP contribution in [0.5, 0.6) is 0 Å². The van der Waals surface area contributed by atoms with Gasteiger partial charge < -0.3 is 15.9 Å². The molecule has 1 aromatic carbocycles. The highest BCUT2D eigenvalue weighted by atomic mass is 32.2. The average molecular weight is 255 g/mol. The minimum atomic E-state index is -1.16. The molecule has 0 saturated carbocycles. The van der Waals surface area contributed by atoms with E-state index >= 15 is 0 Å². The van der Waals surface area contributed by atoms with Crippen molar-refractivity contribution in [1.82, 2.24) is 0 Å². The topological polar surface area (TPSA) is 83.6 Å². The van der Waals surface area contributed by atoms with E-state index < -0.39 is 18.1 Å². The number of thioether (sulfide) groups is 1. The Morgan fingerprint density at radius 1 is 1.47 bits per heavy atom. The summed E-state index contributed by atoms with van der Waals surface area (Å²) < 4.78 is 0. The van der Waals surface area contributed by atoms with Gasteiger partial charge >= 0.3 is 0 Å². The lowest BCUT2D eigenvalue weighted by Crippen LogP contribution is -2.25. The molecule has 0 aliphatic rings. The first-order valence-electron chi connectivity index (χ1n) is 5.41. The molecule has 0 aliphatic heterocycles. The van der Waals surface area contributed by atoms with E-state index in [1.807, 2.05) is 25.1 Å². The van der Waals surface area contributed by atoms with Gasteiger partial charge in [0.2, 0.25) is 5.91 Å². The molecule has 1 rings (SSSR count). The van der Waals surface area contributed by atoms with Crippen LogP contribution in [0.4, 0.5) is 0 Å². The van der Waals surface area contributed by atoms with E-state index in [0.717, 1.165) is 10.6 Å². The second-order valence-corrected chi connectivity index (χ2v) is 5.03. The predicted molar refractivity (Wildman–Crippen MR) is 67.6 cm³/mol. The van der Waals surface area contributed by atoms with E-state index in [0.29, 0.717) is 5.56 Å². The molecule has 0 bridgehead atoms. The van der Waals surface area contributed by atoms with Crippen LogP contribution in [0.3, 0.4) is 0 Å². The summed E-state index contributed by atoms with van der Waals surface area (Å²) in [7, 11) is 0. The molecule has 0 spiro atoms. The second kappa shape index (κ2) is 6.64. The third-order valence-electron chi connectivity index (χ3n) is 2.29. The molecule has 1 aromatic rings. The Kier molecular flexibility index (Phi) is 5.47. The van der Waals surface area contributed by atoms with E-state index in [1.165, 1.54) is 0 Å². The third-order valence-corrected chi connectivity index (χ3v) is 3.16. The van der Waals surface area contributed by atoms with Gasteiger partial charge in [0.15, 0.2) is 0 Å². The fourth-order valence-corrected chi connectivity index (χ4v) is 2.22. The fourth-order valence-electron chi connectivity index (χ4n) is 1.49. The number of aliphatic hydroxyl groups is 2. The lowest BCUT2D eigenvalue weighted by atomic mass is 10.0. The summed E-state index contributed by atoms with van der Waals surface area (Å²) in [5.41, 5.74) is 5.57. The maximum Gasteiger partial charge on any atom is 0.220 e. The molecule has 0 aliphatic carbocycles. The van der Waals surface area contributed by atoms with Crippen molar-refractivity contribution in [2.75, 3.05) is 5.75 Å². The molecule has 0 radical (unpaired) electrons. The SMILES string of the molecule is CCSc1cccc(C(O)C(O)CC(N)=O)c1. The van der Waals surface area contributed by atoms with Crippen molar-refractivity contribution in [2.24, 2.45) is 5.73 Å². The summed E-state index contributed by atoms with van der Waals surface area (Å²) in [6.07, 6.45) is -2.49. The van der Waals surface area contributed by atoms with Crippen LogP contribution in [0, 0.1) is 0 Å². The number of hydrogen-bond acceptors (Lipinski definition) is 4. The molecule has 17 heavy (non-hydrogen) atoms. The van der Waals surface area contributed by atoms with Gasteiger partial charge in [-0.1, -0.05) is 19.1 Å². The number of rotatable bonds is 6. The van der Waals surface area contributed by atoms with Crippen molar-refractivity contribution in [3.63, 3.8) is 0 Å². The number of carbonyl (C=O) groups is 1. The molecule has 4 N–H and O–H groups in total. The Bertz CT molecular complexity index is 384. The number of amides is 1. The van der Waals surface area contributed by atoms with E-state index in [1.54, 1.807) is 17.8 Å². The van der Waals surface area contributed by atoms with Crippen LogP contribution in [0.1, 0.15) is 25.0 Å². The first kappa shape index (κ1) is 14.0. The van der Waals surface area contributed by atoms with Gasteiger partial charge in [-0.2, -0.15) is 0 Å². The molecule has 0 fully saturated rings. The quantitative estimate of drug-likeness (QED) is 0.664. The molecular formula is C12H17NO3S. The third kappa shape index (κ3) is 4.38. The summed E-state index contributed by atoms with van der Waals surface area (Å²) in [5.74, 6) is 0.305. The average Bonchev–Trinajstić information content (AvgIpc) is 2.28. The number of benzene rings is 1. The highest BCUT2D eigenvalue weighted by Gasteiger charge is 2.20. The van der Waals surface area contributed by atoms with Crippen molar-refractivity contribution in [1.29, 1.82) is 0 Å². The minimum Gasteiger partial charge on any atom is -0.390 e. The smallest absolute Gasteiger partial charge is 0.220 e. The van der Waals surface area contributed by atoms with Crippen LogP contribution in [-0.2, 0) is 4.79 Å². The van der Waals surface area contributed by atoms with Crippen molar-refractivity contribution >= 4 is 17.7 Å². The summed E-state index contributed by atoms with van der Waals surface area (Å²) in [4.78, 5) is 11.7. The van der Waals surface area contributed by atoms with Gasteiger partial charge in [-0.25, -0.2) is 0 Å². The number of carbonyl (C=O) groups excluding carboxylic acids is 1. The summed E-state index contributed by atoms with van der Waals surface area (Å²) in [6.45, 7) is 2.04. The predicted octanol–water partition coefficient (Wildman–Crippen LogP) is 1.07. The Hall–Kier alpha value is -1.04. The molecule has 0 heterocycles. The maximum atomic E-state index is 10.7. The molecule has 94 valence electrons. The van der Waals surface area contributed by atoms with Crippen LogP contribution in [0.25, 0.3) is 0 Å². The number of nitrogens with two attached hydrogens (primary N) is 1. The minimum absolute atomic E-state index is 0.244. The Balaban J connectivity index is 2.76. The zero-order valence-corrected chi connectivity index (χ0v) is 10.5. The largest absolute Gasteiger partial charge is 0.390 e. The van der Waals surface area contributed by atoms with Gasteiger partial charge in [0.1, 0.15) is 6.10 Å². The van der Waals surface area contributed by atoms with Crippen molar-refractivity contribution in [2.45, 2.75) is 30.4 Å². The molecule has 2 unspecified atom stereocenters. The van der Waals surface area contributed by atoms with Crippen LogP contribution in [-0.4, -0.2) is 28.0 Å². The lowest BCUT2D eigenvalue weighted by molar-refractivity contribution is -0.121. The highest BCUT2D eigenvalue weighted by Crippen LogP contribution is 2.24. The highest BCUT2D eigenvalue weighted by molar-refractivity contribution is 7.99. The first-order valence-corrected chi connectivity index (χ1v) is 6.40. The van der Waals surface area contributed by atoms with Crippen molar-refractivity contribution in [3.8, 4) is 0 Å². The molecule has 2 atom stereocenters. The zero-order valence-electron chi connectivity index (χ0n) is 9.67. The summed E-state index contributed by atoms with van der Waals surface area (Å²) in [5, 5.41) is 19.5. The standard InChI is InChI=1S/C12H17NO3S/c1-2-17-9-5-3-4-8(6-9)12(16)10(14)7-11(13)15/h3-6,10,12,14,16H,2,7H2,1H3,(H2,13,15). The van der Waals surface area contributed by atoms with Crippen molar-refractivity contribution in [3.05, 3.63) is 29.8 Å². The van der Waals surface area contributed by atoms with Gasteiger partial charge in [-0.15, -0.1) is 11.8 Å². The number of primary amides is 1. The molecular weight excluding hydrogens is 238 g/mol. The van der Waals surface area contributed by atoms with Crippen LogP contribution in [0.15, 0.2) is 29.2 Å². The Morgan fingerprint density at radius 2 is 2.18 bits per heavy atom. The van der Waals surface area contributed by atoms with Gasteiger partial charge in [-0.05, 0) is 23.4 Å². The van der Waals surface area contributed by atoms with E-state index in [9.17, 15) is 15.0 Å². The van der Waals surface area contributed by atoms with Gasteiger partial charge in [0.05, 0.1) is 12.5 Å².